The zero-order valence-corrected chi connectivity index (χ0v) is 16.7. The molecule has 1 atom stereocenters. The van der Waals surface area contributed by atoms with Crippen LogP contribution < -0.4 is 0 Å². The van der Waals surface area contributed by atoms with E-state index in [-0.39, 0.29) is 17.1 Å². The van der Waals surface area contributed by atoms with Crippen molar-refractivity contribution in [3.63, 3.8) is 0 Å². The summed E-state index contributed by atoms with van der Waals surface area (Å²) in [6.07, 6.45) is 2.64. The van der Waals surface area contributed by atoms with E-state index in [1.165, 1.54) is 17.0 Å². The number of unbranched alkanes of at least 4 members (excludes halogenated alkanes) is 2. The summed E-state index contributed by atoms with van der Waals surface area (Å²) >= 11 is 0. The van der Waals surface area contributed by atoms with Crippen LogP contribution in [0.5, 0.6) is 5.75 Å². The van der Waals surface area contributed by atoms with Crippen LogP contribution in [0.15, 0.2) is 70.3 Å². The molecule has 0 fully saturated rings. The molecule has 3 aromatic rings. The van der Waals surface area contributed by atoms with Crippen LogP contribution in [0, 0.1) is 0 Å². The van der Waals surface area contributed by atoms with Crippen LogP contribution in [0.3, 0.4) is 0 Å². The molecule has 1 unspecified atom stereocenters. The van der Waals surface area contributed by atoms with Crippen molar-refractivity contribution in [3.8, 4) is 5.75 Å². The van der Waals surface area contributed by atoms with Crippen LogP contribution >= 0.6 is 0 Å². The first-order valence-electron chi connectivity index (χ1n) is 10.1. The Labute approximate surface area is 174 Å². The fraction of sp³-hybridized carbons (Fsp3) is 0.250. The van der Waals surface area contributed by atoms with Gasteiger partial charge in [-0.15, -0.1) is 0 Å². The summed E-state index contributed by atoms with van der Waals surface area (Å²) < 4.78 is 5.69. The van der Waals surface area contributed by atoms with E-state index in [0.717, 1.165) is 24.6 Å². The molecule has 0 radical (unpaired) electrons. The Morgan fingerprint density at radius 3 is 2.60 bits per heavy atom. The van der Waals surface area contributed by atoms with Gasteiger partial charge < -0.3 is 19.5 Å². The average molecular weight is 405 g/mol. The van der Waals surface area contributed by atoms with E-state index in [0.29, 0.717) is 17.7 Å². The van der Waals surface area contributed by atoms with Crippen molar-refractivity contribution in [1.29, 1.82) is 0 Å². The summed E-state index contributed by atoms with van der Waals surface area (Å²) in [7, 11) is 0. The molecular formula is C24H23NO5. The lowest BCUT2D eigenvalue weighted by Gasteiger charge is -2.26. The zero-order valence-electron chi connectivity index (χ0n) is 16.7. The van der Waals surface area contributed by atoms with Gasteiger partial charge in [0.1, 0.15) is 11.3 Å². The maximum Gasteiger partial charge on any atom is 0.290 e. The van der Waals surface area contributed by atoms with Crippen LogP contribution in [0.2, 0.25) is 0 Å². The van der Waals surface area contributed by atoms with Crippen molar-refractivity contribution >= 4 is 22.7 Å². The quantitative estimate of drug-likeness (QED) is 0.431. The van der Waals surface area contributed by atoms with Crippen molar-refractivity contribution in [1.82, 2.24) is 4.90 Å². The number of aromatic hydroxyl groups is 1. The van der Waals surface area contributed by atoms with E-state index in [1.54, 1.807) is 30.3 Å². The number of para-hydroxylation sites is 1. The minimum Gasteiger partial charge on any atom is -0.508 e. The topological polar surface area (TPSA) is 91.0 Å². The number of carbonyl (C=O) groups excluding carboxylic acids is 2. The Kier molecular flexibility index (Phi) is 5.31. The van der Waals surface area contributed by atoms with Gasteiger partial charge >= 0.3 is 0 Å². The highest BCUT2D eigenvalue weighted by atomic mass is 16.3. The van der Waals surface area contributed by atoms with Crippen molar-refractivity contribution in [3.05, 3.63) is 77.3 Å². The number of ketones is 1. The number of aliphatic hydroxyl groups is 1. The maximum absolute atomic E-state index is 13.4. The lowest BCUT2D eigenvalue weighted by Crippen LogP contribution is -2.32. The van der Waals surface area contributed by atoms with Crippen molar-refractivity contribution in [2.75, 3.05) is 6.54 Å². The molecule has 30 heavy (non-hydrogen) atoms. The Balaban J connectivity index is 1.77. The standard InChI is InChI=1S/C24H23NO5/c1-2-3-6-12-25-21(16-9-7-10-17(26)13-16)20(23(28)24(25)29)22(27)19-14-15-8-4-5-11-18(15)30-19/h4-5,7-11,13-14,21,26,28H,2-3,6,12H2,1H3. The molecule has 2 aromatic carbocycles. The fourth-order valence-electron chi connectivity index (χ4n) is 3.92. The number of phenols is 1. The molecule has 1 aliphatic heterocycles. The number of rotatable bonds is 7. The molecule has 4 rings (SSSR count). The van der Waals surface area contributed by atoms with Gasteiger partial charge in [-0.25, -0.2) is 0 Å². The van der Waals surface area contributed by atoms with Gasteiger partial charge in [0.25, 0.3) is 5.91 Å². The highest BCUT2D eigenvalue weighted by molar-refractivity contribution is 6.16. The number of phenolic OH excluding ortho intramolecular Hbond substituents is 1. The number of nitrogens with zero attached hydrogens (tertiary/aromatic N) is 1. The first kappa shape index (κ1) is 19.8. The lowest BCUT2D eigenvalue weighted by molar-refractivity contribution is -0.129. The minimum absolute atomic E-state index is 0.0235. The highest BCUT2D eigenvalue weighted by Crippen LogP contribution is 2.40. The molecule has 1 aliphatic rings. The summed E-state index contributed by atoms with van der Waals surface area (Å²) in [5.74, 6) is -1.60. The van der Waals surface area contributed by atoms with E-state index in [1.807, 2.05) is 12.1 Å². The van der Waals surface area contributed by atoms with E-state index in [9.17, 15) is 19.8 Å². The molecule has 154 valence electrons. The third kappa shape index (κ3) is 3.45. The van der Waals surface area contributed by atoms with Crippen molar-refractivity contribution in [2.45, 2.75) is 32.2 Å². The predicted molar refractivity (Wildman–Crippen MR) is 112 cm³/mol. The van der Waals surface area contributed by atoms with E-state index < -0.39 is 23.5 Å². The van der Waals surface area contributed by atoms with Gasteiger partial charge in [0.2, 0.25) is 5.78 Å². The Bertz CT molecular complexity index is 1110. The van der Waals surface area contributed by atoms with Gasteiger partial charge in [0.05, 0.1) is 11.6 Å². The van der Waals surface area contributed by atoms with E-state index in [4.69, 9.17) is 4.42 Å². The highest BCUT2D eigenvalue weighted by Gasteiger charge is 2.44. The summed E-state index contributed by atoms with van der Waals surface area (Å²) in [5, 5.41) is 21.4. The Morgan fingerprint density at radius 1 is 1.07 bits per heavy atom. The smallest absolute Gasteiger partial charge is 0.290 e. The number of hydrogen-bond donors (Lipinski definition) is 2. The van der Waals surface area contributed by atoms with Gasteiger partial charge in [0.15, 0.2) is 11.5 Å². The predicted octanol–water partition coefficient (Wildman–Crippen LogP) is 4.91. The average Bonchev–Trinajstić information content (AvgIpc) is 3.28. The second-order valence-electron chi connectivity index (χ2n) is 7.44. The molecule has 6 heteroatoms. The molecule has 0 aliphatic carbocycles. The van der Waals surface area contributed by atoms with Gasteiger partial charge in [-0.1, -0.05) is 50.1 Å². The van der Waals surface area contributed by atoms with Crippen molar-refractivity contribution < 1.29 is 24.2 Å². The molecule has 0 bridgehead atoms. The Hall–Kier alpha value is -3.54. The number of Topliss-reactive ketones (excluding diaryl/α,β-unsaturated/α-hetero) is 1. The molecule has 0 saturated heterocycles. The number of hydrogen-bond acceptors (Lipinski definition) is 5. The molecule has 1 aromatic heterocycles. The minimum atomic E-state index is -0.790. The monoisotopic (exact) mass is 405 g/mol. The number of carbonyl (C=O) groups is 2. The number of benzene rings is 2. The third-order valence-electron chi connectivity index (χ3n) is 5.39. The first-order chi connectivity index (χ1) is 14.5. The van der Waals surface area contributed by atoms with Gasteiger partial charge in [-0.3, -0.25) is 9.59 Å². The number of amides is 1. The molecule has 0 saturated carbocycles. The van der Waals surface area contributed by atoms with Crippen molar-refractivity contribution in [2.24, 2.45) is 0 Å². The molecule has 2 N–H and O–H groups in total. The molecule has 6 nitrogen and oxygen atoms in total. The molecular weight excluding hydrogens is 382 g/mol. The zero-order chi connectivity index (χ0) is 21.3. The van der Waals surface area contributed by atoms with Crippen LogP contribution in [0.25, 0.3) is 11.0 Å². The lowest BCUT2D eigenvalue weighted by atomic mass is 9.94. The summed E-state index contributed by atoms with van der Waals surface area (Å²) in [6.45, 7) is 2.46. The molecule has 2 heterocycles. The summed E-state index contributed by atoms with van der Waals surface area (Å²) in [5.41, 5.74) is 1.09. The summed E-state index contributed by atoms with van der Waals surface area (Å²) in [4.78, 5) is 27.7. The molecule has 1 amide bonds. The van der Waals surface area contributed by atoms with Gasteiger partial charge in [-0.2, -0.15) is 0 Å². The maximum atomic E-state index is 13.4. The second-order valence-corrected chi connectivity index (χ2v) is 7.44. The largest absolute Gasteiger partial charge is 0.508 e. The SMILES string of the molecule is CCCCCN1C(=O)C(O)=C(C(=O)c2cc3ccccc3o2)C1c1cccc(O)c1. The van der Waals surface area contributed by atoms with E-state index >= 15 is 0 Å². The van der Waals surface area contributed by atoms with Crippen LogP contribution in [0.4, 0.5) is 0 Å². The number of fused-ring (bicyclic) bond motifs is 1. The third-order valence-corrected chi connectivity index (χ3v) is 5.39. The molecule has 0 spiro atoms. The second kappa shape index (κ2) is 8.06. The van der Waals surface area contributed by atoms with Crippen LogP contribution in [0.1, 0.15) is 48.3 Å². The number of furan rings is 1. The van der Waals surface area contributed by atoms with Crippen LogP contribution in [-0.4, -0.2) is 33.3 Å². The number of aliphatic hydroxyl groups excluding tert-OH is 1. The first-order valence-corrected chi connectivity index (χ1v) is 10.1. The van der Waals surface area contributed by atoms with Gasteiger partial charge in [-0.05, 0) is 36.2 Å². The van der Waals surface area contributed by atoms with E-state index in [2.05, 4.69) is 6.92 Å². The van der Waals surface area contributed by atoms with Crippen LogP contribution in [-0.2, 0) is 4.79 Å². The van der Waals surface area contributed by atoms with Gasteiger partial charge in [0, 0.05) is 11.9 Å². The normalized spacial score (nSPS) is 16.6. The summed E-state index contributed by atoms with van der Waals surface area (Å²) in [6, 6.07) is 14.5. The fourth-order valence-corrected chi connectivity index (χ4v) is 3.92. The Morgan fingerprint density at radius 2 is 1.87 bits per heavy atom.